The Morgan fingerprint density at radius 3 is 2.23 bits per heavy atom. The number of H-pyrrole nitrogens is 2. The summed E-state index contributed by atoms with van der Waals surface area (Å²) in [4.78, 5) is 29.7. The molecule has 0 aliphatic heterocycles. The first-order chi connectivity index (χ1) is 30.2. The van der Waals surface area contributed by atoms with Gasteiger partial charge in [0.05, 0.1) is 12.6 Å². The molecular formula is C48H55N7O7. The number of hydrogen-bond acceptors (Lipinski definition) is 10. The highest BCUT2D eigenvalue weighted by Crippen LogP contribution is 2.33. The topological polar surface area (TPSA) is 188 Å². The van der Waals surface area contributed by atoms with E-state index in [-0.39, 0.29) is 25.0 Å². The van der Waals surface area contributed by atoms with E-state index in [4.69, 9.17) is 14.2 Å². The smallest absolute Gasteiger partial charge is 0.326 e. The summed E-state index contributed by atoms with van der Waals surface area (Å²) in [5, 5.41) is 39.7. The number of aliphatic hydroxyl groups excluding tert-OH is 1. The number of methoxy groups -OCH3 is 1. The molecule has 0 aliphatic rings. The fourth-order valence-corrected chi connectivity index (χ4v) is 7.26. The van der Waals surface area contributed by atoms with Crippen molar-refractivity contribution in [1.29, 1.82) is 0 Å². The monoisotopic (exact) mass is 841 g/mol. The highest BCUT2D eigenvalue weighted by atomic mass is 16.5. The molecule has 0 fully saturated rings. The average Bonchev–Trinajstić information content (AvgIpc) is 3.97. The van der Waals surface area contributed by atoms with Crippen LogP contribution in [0.15, 0.2) is 115 Å². The predicted octanol–water partition coefficient (Wildman–Crippen LogP) is 7.90. The zero-order chi connectivity index (χ0) is 43.8. The number of amides is 1. The summed E-state index contributed by atoms with van der Waals surface area (Å²) in [5.41, 5.74) is 5.76. The predicted molar refractivity (Wildman–Crippen MR) is 240 cm³/mol. The molecule has 5 aromatic carbocycles. The first-order valence-electron chi connectivity index (χ1n) is 20.9. The second-order valence-corrected chi connectivity index (χ2v) is 15.1. The van der Waals surface area contributed by atoms with Crippen LogP contribution in [-0.2, 0) is 16.1 Å². The molecule has 5 N–H and O–H groups in total. The number of nitrogens with zero attached hydrogens (tertiary/aromatic N) is 4. The number of para-hydroxylation sites is 3. The Labute approximate surface area is 361 Å². The standard InChI is InChI=1S/C24H29N5O3.C24H26N2O4/c1-4-5-10-21(30)29(22(16(2)3)24(31)32)15-17-11-13-18(14-12-17)19-8-6-7-9-20(19)23-25-27-28-26-23;1-28-21-10-4-5-11-22(21)29-14-13-25-15-17(27)16-30-23-12-6-9-20-24(23)18-7-2-3-8-19(18)26-20/h6-9,11-14,16,22H,4-5,10,15H2,1-3H3,(H,31,32)(H,25,26,27,28);2-12,17,25-27H,13-16H2,1H3/t22-;/m0./s1. The number of carboxylic acids is 1. The average molecular weight is 842 g/mol. The third-order valence-corrected chi connectivity index (χ3v) is 10.3. The Kier molecular flexibility index (Phi) is 16.0. The van der Waals surface area contributed by atoms with E-state index in [1.54, 1.807) is 7.11 Å². The van der Waals surface area contributed by atoms with Gasteiger partial charge in [0.1, 0.15) is 31.1 Å². The summed E-state index contributed by atoms with van der Waals surface area (Å²) in [7, 11) is 1.62. The molecule has 324 valence electrons. The van der Waals surface area contributed by atoms with Gasteiger partial charge in [0.15, 0.2) is 11.5 Å². The first kappa shape index (κ1) is 44.8. The van der Waals surface area contributed by atoms with Crippen LogP contribution in [0.1, 0.15) is 45.6 Å². The van der Waals surface area contributed by atoms with Gasteiger partial charge in [-0.25, -0.2) is 4.79 Å². The van der Waals surface area contributed by atoms with E-state index in [2.05, 4.69) is 37.0 Å². The number of aromatic amines is 2. The normalized spacial score (nSPS) is 12.1. The van der Waals surface area contributed by atoms with E-state index < -0.39 is 18.1 Å². The molecule has 0 bridgehead atoms. The van der Waals surface area contributed by atoms with E-state index in [9.17, 15) is 19.8 Å². The number of aliphatic hydroxyl groups is 1. The molecule has 2 aromatic heterocycles. The highest BCUT2D eigenvalue weighted by Gasteiger charge is 2.32. The van der Waals surface area contributed by atoms with Gasteiger partial charge in [0, 0.05) is 47.9 Å². The summed E-state index contributed by atoms with van der Waals surface area (Å²) in [5.74, 6) is 1.39. The van der Waals surface area contributed by atoms with Gasteiger partial charge in [0.25, 0.3) is 0 Å². The summed E-state index contributed by atoms with van der Waals surface area (Å²) in [6.07, 6.45) is 1.35. The van der Waals surface area contributed by atoms with Crippen molar-refractivity contribution in [2.24, 2.45) is 5.92 Å². The Bertz CT molecular complexity index is 2490. The van der Waals surface area contributed by atoms with Crippen LogP contribution >= 0.6 is 0 Å². The van der Waals surface area contributed by atoms with Crippen molar-refractivity contribution in [3.63, 3.8) is 0 Å². The number of aliphatic carboxylic acids is 1. The molecule has 14 heteroatoms. The maximum atomic E-state index is 12.9. The van der Waals surface area contributed by atoms with Gasteiger partial charge in [-0.15, -0.1) is 10.2 Å². The maximum Gasteiger partial charge on any atom is 0.326 e. The molecule has 1 unspecified atom stereocenters. The van der Waals surface area contributed by atoms with Crippen LogP contribution in [0, 0.1) is 5.92 Å². The van der Waals surface area contributed by atoms with E-state index in [1.165, 1.54) is 4.90 Å². The molecule has 2 heterocycles. The maximum absolute atomic E-state index is 12.9. The number of carboxylic acid groups (broad SMARTS) is 1. The lowest BCUT2D eigenvalue weighted by Gasteiger charge is -2.32. The molecule has 0 saturated carbocycles. The van der Waals surface area contributed by atoms with Gasteiger partial charge in [-0.1, -0.05) is 112 Å². The van der Waals surface area contributed by atoms with E-state index in [0.29, 0.717) is 43.4 Å². The summed E-state index contributed by atoms with van der Waals surface area (Å²) < 4.78 is 16.9. The van der Waals surface area contributed by atoms with E-state index in [1.807, 2.05) is 130 Å². The first-order valence-corrected chi connectivity index (χ1v) is 20.9. The van der Waals surface area contributed by atoms with Crippen molar-refractivity contribution in [3.05, 3.63) is 121 Å². The Balaban J connectivity index is 0.000000207. The number of aromatic nitrogens is 5. The lowest BCUT2D eigenvalue weighted by atomic mass is 9.97. The van der Waals surface area contributed by atoms with Gasteiger partial charge in [-0.3, -0.25) is 4.79 Å². The number of rotatable bonds is 20. The molecule has 7 aromatic rings. The zero-order valence-corrected chi connectivity index (χ0v) is 35.6. The number of benzene rings is 5. The zero-order valence-electron chi connectivity index (χ0n) is 35.6. The molecule has 7 rings (SSSR count). The fraction of sp³-hybridized carbons (Fsp3) is 0.312. The molecule has 2 atom stereocenters. The minimum Gasteiger partial charge on any atom is -0.493 e. The quantitative estimate of drug-likeness (QED) is 0.0470. The SMILES string of the molecule is CCCCC(=O)N(Cc1ccc(-c2ccccc2-c2nn[nH]n2)cc1)[C@H](C(=O)O)C(C)C.COc1ccccc1OCCNCC(O)COc1cccc2[nH]c3ccccc3c12. The number of unbranched alkanes of at least 4 members (excludes halogenated alkanes) is 1. The van der Waals surface area contributed by atoms with Crippen LogP contribution in [0.3, 0.4) is 0 Å². The van der Waals surface area contributed by atoms with Crippen molar-refractivity contribution in [3.8, 4) is 39.8 Å². The molecule has 0 aliphatic carbocycles. The van der Waals surface area contributed by atoms with Crippen molar-refractivity contribution in [2.45, 2.75) is 58.7 Å². The van der Waals surface area contributed by atoms with Crippen LogP contribution in [0.5, 0.6) is 17.2 Å². The molecule has 0 radical (unpaired) electrons. The number of tetrazole rings is 1. The van der Waals surface area contributed by atoms with E-state index >= 15 is 0 Å². The largest absolute Gasteiger partial charge is 0.493 e. The summed E-state index contributed by atoms with van der Waals surface area (Å²) >= 11 is 0. The van der Waals surface area contributed by atoms with Gasteiger partial charge in [-0.2, -0.15) is 5.21 Å². The second-order valence-electron chi connectivity index (χ2n) is 15.1. The molecule has 0 spiro atoms. The minimum atomic E-state index is -0.976. The van der Waals surface area contributed by atoms with Crippen molar-refractivity contribution >= 4 is 33.7 Å². The number of hydrogen-bond donors (Lipinski definition) is 5. The van der Waals surface area contributed by atoms with E-state index in [0.717, 1.165) is 62.7 Å². The van der Waals surface area contributed by atoms with Crippen LogP contribution in [0.4, 0.5) is 0 Å². The number of ether oxygens (including phenoxy) is 3. The Morgan fingerprint density at radius 1 is 0.823 bits per heavy atom. The van der Waals surface area contributed by atoms with Crippen LogP contribution in [0.2, 0.25) is 0 Å². The van der Waals surface area contributed by atoms with Gasteiger partial charge < -0.3 is 39.6 Å². The lowest BCUT2D eigenvalue weighted by Crippen LogP contribution is -2.47. The van der Waals surface area contributed by atoms with Crippen LogP contribution < -0.4 is 19.5 Å². The molecular weight excluding hydrogens is 787 g/mol. The third kappa shape index (κ3) is 11.5. The summed E-state index contributed by atoms with van der Waals surface area (Å²) in [6, 6.07) is 36.3. The second kappa shape index (κ2) is 22.2. The molecule has 14 nitrogen and oxygen atoms in total. The van der Waals surface area contributed by atoms with Crippen molar-refractivity contribution in [1.82, 2.24) is 35.8 Å². The minimum absolute atomic E-state index is 0.125. The van der Waals surface area contributed by atoms with Gasteiger partial charge in [-0.05, 0) is 64.6 Å². The van der Waals surface area contributed by atoms with Crippen LogP contribution in [-0.4, -0.2) is 98.2 Å². The van der Waals surface area contributed by atoms with Gasteiger partial charge >= 0.3 is 5.97 Å². The molecule has 1 amide bonds. The van der Waals surface area contributed by atoms with Gasteiger partial charge in [0.2, 0.25) is 11.7 Å². The lowest BCUT2D eigenvalue weighted by molar-refractivity contribution is -0.153. The van der Waals surface area contributed by atoms with Crippen LogP contribution in [0.25, 0.3) is 44.3 Å². The summed E-state index contributed by atoms with van der Waals surface area (Å²) in [6.45, 7) is 7.63. The fourth-order valence-electron chi connectivity index (χ4n) is 7.26. The Morgan fingerprint density at radius 2 is 1.52 bits per heavy atom. The number of fused-ring (bicyclic) bond motifs is 3. The molecule has 0 saturated heterocycles. The third-order valence-electron chi connectivity index (χ3n) is 10.3. The number of carbonyl (C=O) groups is 2. The van der Waals surface area contributed by atoms with Crippen molar-refractivity contribution < 1.29 is 34.0 Å². The number of carbonyl (C=O) groups excluding carboxylic acids is 1. The Hall–Kier alpha value is -6.77. The van der Waals surface area contributed by atoms with Crippen molar-refractivity contribution in [2.75, 3.05) is 33.4 Å². The number of nitrogens with one attached hydrogen (secondary N) is 3. The highest BCUT2D eigenvalue weighted by molar-refractivity contribution is 6.10. The molecule has 62 heavy (non-hydrogen) atoms.